The van der Waals surface area contributed by atoms with Crippen LogP contribution in [0.1, 0.15) is 17.3 Å². The zero-order valence-electron chi connectivity index (χ0n) is 14.9. The van der Waals surface area contributed by atoms with Gasteiger partial charge in [-0.15, -0.1) is 10.2 Å². The largest absolute Gasteiger partial charge is 0.301 e. The van der Waals surface area contributed by atoms with Crippen molar-refractivity contribution in [3.05, 3.63) is 72.4 Å². The first-order valence-electron chi connectivity index (χ1n) is 8.75. The fourth-order valence-electron chi connectivity index (χ4n) is 2.94. The van der Waals surface area contributed by atoms with Crippen molar-refractivity contribution >= 4 is 28.3 Å². The van der Waals surface area contributed by atoms with Gasteiger partial charge in [0.05, 0.1) is 5.75 Å². The molecule has 5 nitrogen and oxygen atoms in total. The van der Waals surface area contributed by atoms with Crippen molar-refractivity contribution in [2.45, 2.75) is 18.6 Å². The number of rotatable bonds is 6. The summed E-state index contributed by atoms with van der Waals surface area (Å²) in [5.74, 6) is 1.12. The van der Waals surface area contributed by atoms with Gasteiger partial charge in [-0.3, -0.25) is 9.78 Å². The van der Waals surface area contributed by atoms with Crippen LogP contribution in [0.5, 0.6) is 0 Å². The number of carbonyl (C=O) groups excluding carboxylic acids is 1. The Bertz CT molecular complexity index is 1090. The van der Waals surface area contributed by atoms with Crippen LogP contribution in [0.15, 0.2) is 72.0 Å². The topological polar surface area (TPSA) is 60.7 Å². The lowest BCUT2D eigenvalue weighted by atomic mass is 10.1. The summed E-state index contributed by atoms with van der Waals surface area (Å²) in [7, 11) is 0. The molecule has 0 aliphatic carbocycles. The highest BCUT2D eigenvalue weighted by Crippen LogP contribution is 2.24. The number of nitrogens with zero attached hydrogens (tertiary/aromatic N) is 4. The van der Waals surface area contributed by atoms with Crippen molar-refractivity contribution in [1.29, 1.82) is 0 Å². The van der Waals surface area contributed by atoms with Gasteiger partial charge in [-0.2, -0.15) is 0 Å². The molecule has 0 saturated carbocycles. The Morgan fingerprint density at radius 3 is 2.59 bits per heavy atom. The van der Waals surface area contributed by atoms with Crippen LogP contribution in [0.3, 0.4) is 0 Å². The molecule has 0 unspecified atom stereocenters. The van der Waals surface area contributed by atoms with Gasteiger partial charge < -0.3 is 4.57 Å². The fraction of sp³-hybridized carbons (Fsp3) is 0.143. The molecule has 0 aliphatic heterocycles. The fourth-order valence-corrected chi connectivity index (χ4v) is 3.84. The SMILES string of the molecule is CCn1c(SCC(=O)c2ccc3ccccc3c2)nnc1-c1ccccn1. The molecule has 0 radical (unpaired) electrons. The molecule has 0 fully saturated rings. The van der Waals surface area contributed by atoms with Crippen LogP contribution >= 0.6 is 11.8 Å². The second kappa shape index (κ2) is 7.72. The average molecular weight is 374 g/mol. The van der Waals surface area contributed by atoms with Crippen LogP contribution < -0.4 is 0 Å². The quantitative estimate of drug-likeness (QED) is 0.368. The first-order chi connectivity index (χ1) is 13.3. The van der Waals surface area contributed by atoms with Crippen molar-refractivity contribution in [3.63, 3.8) is 0 Å². The molecule has 0 saturated heterocycles. The van der Waals surface area contributed by atoms with E-state index in [1.807, 2.05) is 72.2 Å². The Morgan fingerprint density at radius 1 is 1.00 bits per heavy atom. The molecule has 4 rings (SSSR count). The standard InChI is InChI=1S/C21H18N4OS/c1-2-25-20(18-9-5-6-12-22-18)23-24-21(25)27-14-19(26)17-11-10-15-7-3-4-8-16(15)13-17/h3-13H,2,14H2,1H3. The van der Waals surface area contributed by atoms with Gasteiger partial charge in [0.15, 0.2) is 16.8 Å². The summed E-state index contributed by atoms with van der Waals surface area (Å²) in [5.41, 5.74) is 1.49. The molecule has 2 aromatic carbocycles. The third-order valence-electron chi connectivity index (χ3n) is 4.33. The van der Waals surface area contributed by atoms with Crippen LogP contribution in [0.25, 0.3) is 22.3 Å². The third-order valence-corrected chi connectivity index (χ3v) is 5.30. The minimum absolute atomic E-state index is 0.0794. The van der Waals surface area contributed by atoms with E-state index in [1.165, 1.54) is 11.8 Å². The molecule has 0 amide bonds. The molecule has 0 spiro atoms. The number of hydrogen-bond donors (Lipinski definition) is 0. The number of hydrogen-bond acceptors (Lipinski definition) is 5. The van der Waals surface area contributed by atoms with E-state index in [-0.39, 0.29) is 5.78 Å². The molecule has 2 aromatic heterocycles. The van der Waals surface area contributed by atoms with E-state index in [4.69, 9.17) is 0 Å². The van der Waals surface area contributed by atoms with Gasteiger partial charge in [-0.05, 0) is 35.9 Å². The highest BCUT2D eigenvalue weighted by Gasteiger charge is 2.16. The zero-order valence-corrected chi connectivity index (χ0v) is 15.7. The number of pyridine rings is 1. The van der Waals surface area contributed by atoms with Gasteiger partial charge in [0.1, 0.15) is 5.69 Å². The summed E-state index contributed by atoms with van der Waals surface area (Å²) in [5, 5.41) is 11.5. The molecule has 0 atom stereocenters. The number of carbonyl (C=O) groups is 1. The molecular formula is C21H18N4OS. The van der Waals surface area contributed by atoms with Crippen molar-refractivity contribution in [3.8, 4) is 11.5 Å². The Kier molecular flexibility index (Phi) is 4.98. The maximum Gasteiger partial charge on any atom is 0.191 e. The normalized spacial score (nSPS) is 11.0. The monoisotopic (exact) mass is 374 g/mol. The van der Waals surface area contributed by atoms with Crippen LogP contribution in [0.4, 0.5) is 0 Å². The number of thioether (sulfide) groups is 1. The van der Waals surface area contributed by atoms with Crippen LogP contribution in [0, 0.1) is 0 Å². The molecule has 27 heavy (non-hydrogen) atoms. The number of benzene rings is 2. The van der Waals surface area contributed by atoms with Gasteiger partial charge in [-0.25, -0.2) is 0 Å². The molecule has 2 heterocycles. The number of fused-ring (bicyclic) bond motifs is 1. The number of ketones is 1. The highest BCUT2D eigenvalue weighted by atomic mass is 32.2. The maximum absolute atomic E-state index is 12.6. The second-order valence-electron chi connectivity index (χ2n) is 6.04. The van der Waals surface area contributed by atoms with Crippen LogP contribution in [0.2, 0.25) is 0 Å². The predicted molar refractivity (Wildman–Crippen MR) is 108 cm³/mol. The van der Waals surface area contributed by atoms with Crippen LogP contribution in [-0.4, -0.2) is 31.3 Å². The van der Waals surface area contributed by atoms with Gasteiger partial charge in [0.25, 0.3) is 0 Å². The van der Waals surface area contributed by atoms with Crippen molar-refractivity contribution in [2.75, 3.05) is 5.75 Å². The van der Waals surface area contributed by atoms with Gasteiger partial charge >= 0.3 is 0 Å². The maximum atomic E-state index is 12.6. The second-order valence-corrected chi connectivity index (χ2v) is 6.98. The molecule has 6 heteroatoms. The summed E-state index contributed by atoms with van der Waals surface area (Å²) in [6.07, 6.45) is 1.74. The van der Waals surface area contributed by atoms with Crippen molar-refractivity contribution < 1.29 is 4.79 Å². The molecule has 0 aliphatic rings. The van der Waals surface area contributed by atoms with Gasteiger partial charge in [0, 0.05) is 18.3 Å². The molecular weight excluding hydrogens is 356 g/mol. The zero-order chi connectivity index (χ0) is 18.6. The van der Waals surface area contributed by atoms with Gasteiger partial charge in [-0.1, -0.05) is 54.2 Å². The third kappa shape index (κ3) is 3.61. The number of Topliss-reactive ketones (excluding diaryl/α,β-unsaturated/α-hetero) is 1. The van der Waals surface area contributed by atoms with E-state index in [1.54, 1.807) is 6.20 Å². The number of aromatic nitrogens is 4. The van der Waals surface area contributed by atoms with Crippen LogP contribution in [-0.2, 0) is 6.54 Å². The predicted octanol–water partition coefficient (Wildman–Crippen LogP) is 4.49. The molecule has 4 aromatic rings. The van der Waals surface area contributed by atoms with E-state index in [0.29, 0.717) is 17.9 Å². The summed E-state index contributed by atoms with van der Waals surface area (Å²) < 4.78 is 1.99. The minimum atomic E-state index is 0.0794. The smallest absolute Gasteiger partial charge is 0.191 e. The van der Waals surface area contributed by atoms with Gasteiger partial charge in [0.2, 0.25) is 0 Å². The van der Waals surface area contributed by atoms with E-state index in [2.05, 4.69) is 15.2 Å². The lowest BCUT2D eigenvalue weighted by Gasteiger charge is -2.07. The van der Waals surface area contributed by atoms with Crippen molar-refractivity contribution in [2.24, 2.45) is 0 Å². The Balaban J connectivity index is 1.52. The highest BCUT2D eigenvalue weighted by molar-refractivity contribution is 7.99. The van der Waals surface area contributed by atoms with E-state index >= 15 is 0 Å². The lowest BCUT2D eigenvalue weighted by molar-refractivity contribution is 0.102. The lowest BCUT2D eigenvalue weighted by Crippen LogP contribution is -2.05. The Labute approximate surface area is 161 Å². The first-order valence-corrected chi connectivity index (χ1v) is 9.74. The molecule has 134 valence electrons. The summed E-state index contributed by atoms with van der Waals surface area (Å²) in [4.78, 5) is 17.0. The summed E-state index contributed by atoms with van der Waals surface area (Å²) >= 11 is 1.41. The minimum Gasteiger partial charge on any atom is -0.301 e. The average Bonchev–Trinajstić information content (AvgIpc) is 3.15. The first kappa shape index (κ1) is 17.4. The summed E-state index contributed by atoms with van der Waals surface area (Å²) in [6, 6.07) is 19.6. The van der Waals surface area contributed by atoms with Crippen molar-refractivity contribution in [1.82, 2.24) is 19.7 Å². The molecule has 0 bridgehead atoms. The Hall–Kier alpha value is -2.99. The van der Waals surface area contributed by atoms with E-state index in [9.17, 15) is 4.79 Å². The Morgan fingerprint density at radius 2 is 1.81 bits per heavy atom. The molecule has 0 N–H and O–H groups in total. The van der Waals surface area contributed by atoms with E-state index < -0.39 is 0 Å². The summed E-state index contributed by atoms with van der Waals surface area (Å²) in [6.45, 7) is 2.75. The van der Waals surface area contributed by atoms with E-state index in [0.717, 1.165) is 27.4 Å².